The van der Waals surface area contributed by atoms with Crippen LogP contribution in [0.15, 0.2) is 48.5 Å². The summed E-state index contributed by atoms with van der Waals surface area (Å²) in [6.45, 7) is 2.56. The van der Waals surface area contributed by atoms with E-state index in [1.807, 2.05) is 61.5 Å². The molecular formula is C23H29N3O4. The number of nitrogens with zero attached hydrogens (tertiary/aromatic N) is 3. The minimum absolute atomic E-state index is 0.0796. The van der Waals surface area contributed by atoms with Crippen molar-refractivity contribution >= 4 is 12.0 Å². The minimum Gasteiger partial charge on any atom is -0.483 e. The van der Waals surface area contributed by atoms with Gasteiger partial charge >= 0.3 is 6.09 Å². The molecule has 30 heavy (non-hydrogen) atoms. The summed E-state index contributed by atoms with van der Waals surface area (Å²) in [6.07, 6.45) is -0.292. The molecule has 0 radical (unpaired) electrons. The maximum atomic E-state index is 13.0. The second-order valence-corrected chi connectivity index (χ2v) is 7.74. The first-order valence-electron chi connectivity index (χ1n) is 10.1. The highest BCUT2D eigenvalue weighted by Crippen LogP contribution is 2.28. The van der Waals surface area contributed by atoms with E-state index in [4.69, 9.17) is 4.74 Å². The van der Waals surface area contributed by atoms with Crippen LogP contribution in [0.2, 0.25) is 0 Å². The van der Waals surface area contributed by atoms with Crippen LogP contribution in [0.4, 0.5) is 4.79 Å². The van der Waals surface area contributed by atoms with E-state index in [1.54, 1.807) is 11.0 Å². The number of rotatable bonds is 8. The fourth-order valence-corrected chi connectivity index (χ4v) is 3.50. The monoisotopic (exact) mass is 411 g/mol. The Balaban J connectivity index is 1.68. The highest BCUT2D eigenvalue weighted by Gasteiger charge is 2.23. The Morgan fingerprint density at radius 1 is 1.07 bits per heavy atom. The van der Waals surface area contributed by atoms with Crippen LogP contribution in [-0.4, -0.2) is 72.1 Å². The van der Waals surface area contributed by atoms with E-state index in [9.17, 15) is 14.7 Å². The first kappa shape index (κ1) is 21.6. The Hall–Kier alpha value is -3.06. The lowest BCUT2D eigenvalue weighted by atomic mass is 9.99. The third kappa shape index (κ3) is 5.73. The summed E-state index contributed by atoms with van der Waals surface area (Å²) < 4.78 is 5.90. The third-order valence-corrected chi connectivity index (χ3v) is 5.24. The van der Waals surface area contributed by atoms with Crippen molar-refractivity contribution in [2.75, 3.05) is 40.3 Å². The van der Waals surface area contributed by atoms with Crippen LogP contribution in [0.5, 0.6) is 5.75 Å². The summed E-state index contributed by atoms with van der Waals surface area (Å²) in [5, 5.41) is 9.31. The summed E-state index contributed by atoms with van der Waals surface area (Å²) in [5.41, 5.74) is 2.99. The molecule has 1 heterocycles. The van der Waals surface area contributed by atoms with E-state index in [1.165, 1.54) is 4.90 Å². The molecule has 0 saturated carbocycles. The number of carbonyl (C=O) groups is 2. The van der Waals surface area contributed by atoms with Gasteiger partial charge in [-0.1, -0.05) is 42.5 Å². The minimum atomic E-state index is -0.941. The molecule has 3 rings (SSSR count). The molecule has 0 unspecified atom stereocenters. The van der Waals surface area contributed by atoms with Gasteiger partial charge in [0, 0.05) is 31.7 Å². The summed E-state index contributed by atoms with van der Waals surface area (Å²) in [5.74, 6) is 0.489. The smallest absolute Gasteiger partial charge is 0.407 e. The number of ether oxygens (including phenoxy) is 1. The third-order valence-electron chi connectivity index (χ3n) is 5.24. The Labute approximate surface area is 177 Å². The van der Waals surface area contributed by atoms with E-state index in [-0.39, 0.29) is 19.1 Å². The highest BCUT2D eigenvalue weighted by atomic mass is 16.5. The summed E-state index contributed by atoms with van der Waals surface area (Å²) in [6, 6.07) is 15.6. The van der Waals surface area contributed by atoms with Crippen molar-refractivity contribution in [3.8, 4) is 5.75 Å². The van der Waals surface area contributed by atoms with Crippen molar-refractivity contribution < 1.29 is 19.4 Å². The predicted octanol–water partition coefficient (Wildman–Crippen LogP) is 2.69. The number of carbonyl (C=O) groups excluding carboxylic acids is 1. The first-order chi connectivity index (χ1) is 14.4. The Kier molecular flexibility index (Phi) is 7.30. The zero-order chi connectivity index (χ0) is 21.5. The largest absolute Gasteiger partial charge is 0.483 e. The molecule has 0 bridgehead atoms. The number of hydrogen-bond acceptors (Lipinski definition) is 4. The molecule has 0 fully saturated rings. The number of fused-ring (bicyclic) bond motifs is 1. The fraction of sp³-hybridized carbons (Fsp3) is 0.391. The van der Waals surface area contributed by atoms with Crippen molar-refractivity contribution in [1.29, 1.82) is 0 Å². The summed E-state index contributed by atoms with van der Waals surface area (Å²) in [7, 11) is 3.96. The molecule has 2 amide bonds. The SMILES string of the molecule is CN(C)CCN(Cc1ccccc1)C(=O)COc1cccc2c1CN(C(=O)O)CC2. The van der Waals surface area contributed by atoms with Gasteiger partial charge in [0.1, 0.15) is 5.75 Å². The maximum Gasteiger partial charge on any atom is 0.407 e. The molecule has 1 aliphatic heterocycles. The molecule has 1 aliphatic rings. The topological polar surface area (TPSA) is 73.3 Å². The molecule has 0 saturated heterocycles. The van der Waals surface area contributed by atoms with Gasteiger partial charge < -0.3 is 24.5 Å². The molecule has 0 atom stereocenters. The molecule has 2 aromatic carbocycles. The Bertz CT molecular complexity index is 870. The normalized spacial score (nSPS) is 13.1. The summed E-state index contributed by atoms with van der Waals surface area (Å²) in [4.78, 5) is 29.5. The van der Waals surface area contributed by atoms with Crippen LogP contribution in [0, 0.1) is 0 Å². The van der Waals surface area contributed by atoms with Gasteiger partial charge in [-0.3, -0.25) is 4.79 Å². The van der Waals surface area contributed by atoms with Gasteiger partial charge in [0.05, 0.1) is 6.54 Å². The van der Waals surface area contributed by atoms with E-state index < -0.39 is 6.09 Å². The lowest BCUT2D eigenvalue weighted by Crippen LogP contribution is -2.39. The van der Waals surface area contributed by atoms with Gasteiger partial charge in [0.2, 0.25) is 0 Å². The lowest BCUT2D eigenvalue weighted by Gasteiger charge is -2.28. The second-order valence-electron chi connectivity index (χ2n) is 7.74. The van der Waals surface area contributed by atoms with E-state index in [0.717, 1.165) is 23.2 Å². The van der Waals surface area contributed by atoms with Gasteiger partial charge in [-0.05, 0) is 37.7 Å². The van der Waals surface area contributed by atoms with Crippen LogP contribution in [-0.2, 0) is 24.3 Å². The van der Waals surface area contributed by atoms with Crippen molar-refractivity contribution in [3.63, 3.8) is 0 Å². The zero-order valence-corrected chi connectivity index (χ0v) is 17.6. The van der Waals surface area contributed by atoms with Crippen LogP contribution in [0.25, 0.3) is 0 Å². The Morgan fingerprint density at radius 2 is 1.83 bits per heavy atom. The van der Waals surface area contributed by atoms with Crippen LogP contribution < -0.4 is 4.74 Å². The van der Waals surface area contributed by atoms with Gasteiger partial charge in [0.25, 0.3) is 5.91 Å². The fourth-order valence-electron chi connectivity index (χ4n) is 3.50. The van der Waals surface area contributed by atoms with Gasteiger partial charge in [-0.2, -0.15) is 0 Å². The van der Waals surface area contributed by atoms with Crippen LogP contribution in [0.3, 0.4) is 0 Å². The number of benzene rings is 2. The van der Waals surface area contributed by atoms with E-state index in [0.29, 0.717) is 31.8 Å². The summed E-state index contributed by atoms with van der Waals surface area (Å²) >= 11 is 0. The van der Waals surface area contributed by atoms with Gasteiger partial charge in [-0.15, -0.1) is 0 Å². The van der Waals surface area contributed by atoms with Gasteiger partial charge in [0.15, 0.2) is 6.61 Å². The van der Waals surface area contributed by atoms with Crippen LogP contribution >= 0.6 is 0 Å². The van der Waals surface area contributed by atoms with Crippen molar-refractivity contribution in [2.24, 2.45) is 0 Å². The molecule has 0 aromatic heterocycles. The molecule has 0 aliphatic carbocycles. The zero-order valence-electron chi connectivity index (χ0n) is 17.6. The molecule has 7 nitrogen and oxygen atoms in total. The number of amides is 2. The van der Waals surface area contributed by atoms with Crippen molar-refractivity contribution in [2.45, 2.75) is 19.5 Å². The van der Waals surface area contributed by atoms with E-state index >= 15 is 0 Å². The predicted molar refractivity (Wildman–Crippen MR) is 114 cm³/mol. The number of likely N-dealkylation sites (N-methyl/N-ethyl adjacent to an activating group) is 1. The van der Waals surface area contributed by atoms with Crippen molar-refractivity contribution in [1.82, 2.24) is 14.7 Å². The van der Waals surface area contributed by atoms with Gasteiger partial charge in [-0.25, -0.2) is 4.79 Å². The highest BCUT2D eigenvalue weighted by molar-refractivity contribution is 5.78. The Morgan fingerprint density at radius 3 is 2.53 bits per heavy atom. The average Bonchev–Trinajstić information content (AvgIpc) is 2.75. The molecular weight excluding hydrogens is 382 g/mol. The quantitative estimate of drug-likeness (QED) is 0.723. The lowest BCUT2D eigenvalue weighted by molar-refractivity contribution is -0.134. The molecule has 2 aromatic rings. The van der Waals surface area contributed by atoms with E-state index in [2.05, 4.69) is 0 Å². The molecule has 7 heteroatoms. The average molecular weight is 412 g/mol. The first-order valence-corrected chi connectivity index (χ1v) is 10.1. The molecule has 160 valence electrons. The second kappa shape index (κ2) is 10.1. The van der Waals surface area contributed by atoms with Crippen LogP contribution in [0.1, 0.15) is 16.7 Å². The molecule has 0 spiro atoms. The standard InChI is InChI=1S/C23H29N3O4/c1-24(2)13-14-25(15-18-7-4-3-5-8-18)22(27)17-30-21-10-6-9-19-11-12-26(23(28)29)16-20(19)21/h3-10H,11-17H2,1-2H3,(H,28,29). The van der Waals surface area contributed by atoms with Crippen molar-refractivity contribution in [3.05, 3.63) is 65.2 Å². The number of carboxylic acid groups (broad SMARTS) is 1. The maximum absolute atomic E-state index is 13.0. The number of hydrogen-bond donors (Lipinski definition) is 1. The molecule has 1 N–H and O–H groups in total.